The van der Waals surface area contributed by atoms with Gasteiger partial charge in [0.05, 0.1) is 6.61 Å². The molecule has 11 heavy (non-hydrogen) atoms. The third kappa shape index (κ3) is 1.75. The van der Waals surface area contributed by atoms with Gasteiger partial charge < -0.3 is 24.5 Å². The van der Waals surface area contributed by atoms with E-state index in [-0.39, 0.29) is 13.4 Å². The fourth-order valence-corrected chi connectivity index (χ4v) is 0.894. The van der Waals surface area contributed by atoms with Gasteiger partial charge in [-0.05, 0) is 0 Å². The molecule has 5 heteroatoms. The van der Waals surface area contributed by atoms with Crippen LogP contribution in [0.4, 0.5) is 0 Å². The Balaban J connectivity index is 2.51. The maximum atomic E-state index is 10.2. The molecule has 0 aliphatic carbocycles. The van der Waals surface area contributed by atoms with Crippen molar-refractivity contribution in [1.29, 1.82) is 0 Å². The Morgan fingerprint density at radius 1 is 1.55 bits per heavy atom. The summed E-state index contributed by atoms with van der Waals surface area (Å²) in [5, 5.41) is 17.8. The van der Waals surface area contributed by atoms with Gasteiger partial charge in [-0.1, -0.05) is 0 Å². The Morgan fingerprint density at radius 3 is 2.82 bits per heavy atom. The molecule has 0 aromatic carbocycles. The molecular weight excluding hydrogens is 152 g/mol. The normalized spacial score (nSPS) is 38.5. The average Bonchev–Trinajstić information content (AvgIpc) is 2.05. The summed E-state index contributed by atoms with van der Waals surface area (Å²) >= 11 is 0. The van der Waals surface area contributed by atoms with Crippen molar-refractivity contribution >= 4 is 6.29 Å². The van der Waals surface area contributed by atoms with E-state index in [1.165, 1.54) is 0 Å². The van der Waals surface area contributed by atoms with Crippen LogP contribution in [-0.4, -0.2) is 48.2 Å². The topological polar surface area (TPSA) is 76.0 Å². The van der Waals surface area contributed by atoms with E-state index < -0.39 is 18.3 Å². The van der Waals surface area contributed by atoms with E-state index in [2.05, 4.69) is 0 Å². The Labute approximate surface area is 63.5 Å². The lowest BCUT2D eigenvalue weighted by atomic mass is 10.1. The molecule has 0 unspecified atom stereocenters. The van der Waals surface area contributed by atoms with Gasteiger partial charge in [0.2, 0.25) is 0 Å². The summed E-state index contributed by atoms with van der Waals surface area (Å²) in [6.07, 6.45) is -2.15. The minimum absolute atomic E-state index is 0.0638. The third-order valence-corrected chi connectivity index (χ3v) is 1.57. The molecule has 1 fully saturated rings. The summed E-state index contributed by atoms with van der Waals surface area (Å²) in [7, 11) is 0. The van der Waals surface area contributed by atoms with E-state index in [0.29, 0.717) is 6.29 Å². The smallest absolute Gasteiger partial charge is 0.151 e. The summed E-state index contributed by atoms with van der Waals surface area (Å²) in [5.41, 5.74) is 0. The lowest BCUT2D eigenvalue weighted by Crippen LogP contribution is -2.48. The van der Waals surface area contributed by atoms with Crippen LogP contribution < -0.4 is 0 Å². The molecule has 1 heterocycles. The Bertz CT molecular complexity index is 137. The van der Waals surface area contributed by atoms with Gasteiger partial charge in [0.1, 0.15) is 25.1 Å². The zero-order chi connectivity index (χ0) is 8.27. The van der Waals surface area contributed by atoms with Crippen LogP contribution in [0.1, 0.15) is 0 Å². The van der Waals surface area contributed by atoms with Crippen molar-refractivity contribution in [2.45, 2.75) is 18.3 Å². The van der Waals surface area contributed by atoms with Gasteiger partial charge in [-0.2, -0.15) is 0 Å². The number of aldehydes is 1. The van der Waals surface area contributed by atoms with Gasteiger partial charge in [0.25, 0.3) is 0 Å². The number of hydrogen-bond donors (Lipinski definition) is 2. The highest BCUT2D eigenvalue weighted by Crippen LogP contribution is 2.11. The monoisotopic (exact) mass is 162 g/mol. The molecule has 64 valence electrons. The molecule has 5 nitrogen and oxygen atoms in total. The molecule has 1 rings (SSSR count). The van der Waals surface area contributed by atoms with Gasteiger partial charge in [0, 0.05) is 0 Å². The van der Waals surface area contributed by atoms with Gasteiger partial charge >= 0.3 is 0 Å². The van der Waals surface area contributed by atoms with Crippen molar-refractivity contribution in [3.05, 3.63) is 0 Å². The number of ether oxygens (including phenoxy) is 2. The molecule has 0 amide bonds. The van der Waals surface area contributed by atoms with Crippen molar-refractivity contribution in [3.8, 4) is 0 Å². The average molecular weight is 162 g/mol. The minimum Gasteiger partial charge on any atom is -0.394 e. The van der Waals surface area contributed by atoms with Crippen LogP contribution >= 0.6 is 0 Å². The van der Waals surface area contributed by atoms with Crippen LogP contribution in [0, 0.1) is 0 Å². The zero-order valence-corrected chi connectivity index (χ0v) is 5.84. The van der Waals surface area contributed by atoms with Crippen LogP contribution in [0.15, 0.2) is 0 Å². The highest BCUT2D eigenvalue weighted by molar-refractivity contribution is 5.57. The first-order chi connectivity index (χ1) is 5.29. The number of aliphatic hydroxyl groups excluding tert-OH is 2. The maximum absolute atomic E-state index is 10.2. The molecule has 1 aliphatic rings. The molecule has 0 saturated carbocycles. The molecule has 2 N–H and O–H groups in total. The van der Waals surface area contributed by atoms with Gasteiger partial charge in [-0.3, -0.25) is 0 Å². The van der Waals surface area contributed by atoms with Crippen molar-refractivity contribution in [3.63, 3.8) is 0 Å². The third-order valence-electron chi connectivity index (χ3n) is 1.57. The predicted molar refractivity (Wildman–Crippen MR) is 33.8 cm³/mol. The van der Waals surface area contributed by atoms with Crippen molar-refractivity contribution < 1.29 is 24.5 Å². The fourth-order valence-electron chi connectivity index (χ4n) is 0.894. The van der Waals surface area contributed by atoms with E-state index in [1.807, 2.05) is 0 Å². The molecule has 1 aliphatic heterocycles. The molecule has 3 atom stereocenters. The second-order valence-corrected chi connectivity index (χ2v) is 2.26. The van der Waals surface area contributed by atoms with E-state index in [0.717, 1.165) is 0 Å². The molecule has 0 aromatic heterocycles. The Kier molecular flexibility index (Phi) is 2.95. The number of aliphatic hydroxyl groups is 2. The lowest BCUT2D eigenvalue weighted by molar-refractivity contribution is -0.229. The van der Waals surface area contributed by atoms with E-state index in [4.69, 9.17) is 14.6 Å². The van der Waals surface area contributed by atoms with E-state index in [1.54, 1.807) is 0 Å². The minimum atomic E-state index is -1.06. The van der Waals surface area contributed by atoms with Crippen molar-refractivity contribution in [1.82, 2.24) is 0 Å². The molecular formula is C6H10O5. The summed E-state index contributed by atoms with van der Waals surface area (Å²) in [4.78, 5) is 10.2. The first kappa shape index (κ1) is 8.61. The lowest BCUT2D eigenvalue weighted by Gasteiger charge is -2.30. The summed E-state index contributed by atoms with van der Waals surface area (Å²) < 4.78 is 9.51. The zero-order valence-electron chi connectivity index (χ0n) is 5.84. The molecule has 0 bridgehead atoms. The molecule has 0 radical (unpaired) electrons. The maximum Gasteiger partial charge on any atom is 0.151 e. The fraction of sp³-hybridized carbons (Fsp3) is 0.833. The number of rotatable bonds is 2. The predicted octanol–water partition coefficient (Wildman–Crippen LogP) is -1.72. The van der Waals surface area contributed by atoms with Gasteiger partial charge in [0.15, 0.2) is 6.29 Å². The van der Waals surface area contributed by atoms with E-state index >= 15 is 0 Å². The number of carbonyl (C=O) groups is 1. The molecule has 0 spiro atoms. The standard InChI is InChI=1S/C6H10O5/c7-1-4-6(9)5(2-8)11-3-10-4/h1,4-6,8-9H,2-3H2/t4-,5+,6-/m0/s1. The molecule has 1 saturated heterocycles. The SMILES string of the molecule is O=C[C@@H]1OCO[C@H](CO)[C@H]1O. The quantitative estimate of drug-likeness (QED) is 0.472. The van der Waals surface area contributed by atoms with E-state index in [9.17, 15) is 9.90 Å². The second-order valence-electron chi connectivity index (χ2n) is 2.26. The second kappa shape index (κ2) is 3.77. The van der Waals surface area contributed by atoms with Crippen molar-refractivity contribution in [2.24, 2.45) is 0 Å². The van der Waals surface area contributed by atoms with Crippen molar-refractivity contribution in [2.75, 3.05) is 13.4 Å². The number of hydrogen-bond acceptors (Lipinski definition) is 5. The van der Waals surface area contributed by atoms with Gasteiger partial charge in [-0.25, -0.2) is 0 Å². The molecule has 0 aromatic rings. The van der Waals surface area contributed by atoms with Crippen LogP contribution in [0.2, 0.25) is 0 Å². The summed E-state index contributed by atoms with van der Waals surface area (Å²) in [6.45, 7) is -0.374. The Morgan fingerprint density at radius 2 is 2.27 bits per heavy atom. The highest BCUT2D eigenvalue weighted by Gasteiger charge is 2.32. The Hall–Kier alpha value is -0.490. The first-order valence-corrected chi connectivity index (χ1v) is 3.27. The summed E-state index contributed by atoms with van der Waals surface area (Å²) in [6, 6.07) is 0. The van der Waals surface area contributed by atoms with Crippen LogP contribution in [0.5, 0.6) is 0 Å². The first-order valence-electron chi connectivity index (χ1n) is 3.27. The summed E-state index contributed by atoms with van der Waals surface area (Å²) in [5.74, 6) is 0. The van der Waals surface area contributed by atoms with Crippen LogP contribution in [0.25, 0.3) is 0 Å². The van der Waals surface area contributed by atoms with Crippen LogP contribution in [-0.2, 0) is 14.3 Å². The van der Waals surface area contributed by atoms with Crippen LogP contribution in [0.3, 0.4) is 0 Å². The van der Waals surface area contributed by atoms with Gasteiger partial charge in [-0.15, -0.1) is 0 Å². The highest BCUT2D eigenvalue weighted by atomic mass is 16.7. The number of carbonyl (C=O) groups excluding carboxylic acids is 1. The largest absolute Gasteiger partial charge is 0.394 e.